The third-order valence-corrected chi connectivity index (χ3v) is 6.30. The van der Waals surface area contributed by atoms with Gasteiger partial charge in [0, 0.05) is 22.2 Å². The van der Waals surface area contributed by atoms with Gasteiger partial charge in [-0.05, 0) is 67.3 Å². The fourth-order valence-corrected chi connectivity index (χ4v) is 4.34. The molecule has 0 saturated carbocycles. The topological polar surface area (TPSA) is 46.9 Å². The zero-order valence-corrected chi connectivity index (χ0v) is 20.5. The molecule has 0 radical (unpaired) electrons. The molecule has 4 nitrogen and oxygen atoms in total. The second kappa shape index (κ2) is 10.0. The van der Waals surface area contributed by atoms with E-state index in [1.165, 1.54) is 0 Å². The van der Waals surface area contributed by atoms with Gasteiger partial charge < -0.3 is 5.32 Å². The zero-order valence-electron chi connectivity index (χ0n) is 18.2. The minimum absolute atomic E-state index is 0.230. The summed E-state index contributed by atoms with van der Waals surface area (Å²) >= 11 is 18.6. The number of hydrogen-bond acceptors (Lipinski definition) is 2. The lowest BCUT2D eigenvalue weighted by Crippen LogP contribution is -2.28. The lowest BCUT2D eigenvalue weighted by molar-refractivity contribution is 0.0946. The van der Waals surface area contributed by atoms with Gasteiger partial charge in [-0.1, -0.05) is 71.2 Å². The summed E-state index contributed by atoms with van der Waals surface area (Å²) in [5.74, 6) is -0.230. The first-order chi connectivity index (χ1) is 15.8. The number of aryl methyl sites for hydroxylation is 2. The van der Waals surface area contributed by atoms with Crippen LogP contribution < -0.4 is 5.32 Å². The largest absolute Gasteiger partial charge is 0.350 e. The Kier molecular flexibility index (Phi) is 7.08. The van der Waals surface area contributed by atoms with Gasteiger partial charge in [-0.2, -0.15) is 5.10 Å². The Balaban J connectivity index is 1.66. The van der Waals surface area contributed by atoms with E-state index in [1.807, 2.05) is 62.4 Å². The van der Waals surface area contributed by atoms with E-state index >= 15 is 0 Å². The summed E-state index contributed by atoms with van der Waals surface area (Å²) < 4.78 is 1.69. The van der Waals surface area contributed by atoms with Crippen LogP contribution in [0.4, 0.5) is 0 Å². The van der Waals surface area contributed by atoms with E-state index in [-0.39, 0.29) is 5.91 Å². The van der Waals surface area contributed by atoms with Gasteiger partial charge in [0.05, 0.1) is 16.4 Å². The van der Waals surface area contributed by atoms with Gasteiger partial charge in [-0.3, -0.25) is 4.79 Å². The molecule has 0 aliphatic carbocycles. The van der Waals surface area contributed by atoms with Crippen LogP contribution in [0.5, 0.6) is 0 Å². The van der Waals surface area contributed by atoms with Crippen LogP contribution in [0.1, 0.15) is 27.2 Å². The Bertz CT molecular complexity index is 1330. The molecule has 0 fully saturated rings. The molecule has 1 N–H and O–H groups in total. The molecule has 0 bridgehead atoms. The maximum atomic E-state index is 13.2. The van der Waals surface area contributed by atoms with Crippen LogP contribution in [0, 0.1) is 13.8 Å². The SMILES string of the molecule is Cc1ccc(C)c(-n2nc(-c3ccccc3Cl)cc2C(=O)NCCc2ccc(Cl)cc2Cl)c1. The summed E-state index contributed by atoms with van der Waals surface area (Å²) in [6.07, 6.45) is 0.580. The van der Waals surface area contributed by atoms with Gasteiger partial charge in [0.2, 0.25) is 0 Å². The first kappa shape index (κ1) is 23.4. The maximum Gasteiger partial charge on any atom is 0.270 e. The molecule has 0 aliphatic heterocycles. The van der Waals surface area contributed by atoms with Crippen LogP contribution in [0.3, 0.4) is 0 Å². The number of carbonyl (C=O) groups is 1. The molecule has 1 amide bonds. The summed E-state index contributed by atoms with van der Waals surface area (Å²) in [7, 11) is 0. The van der Waals surface area contributed by atoms with E-state index < -0.39 is 0 Å². The third kappa shape index (κ3) is 5.25. The Hall–Kier alpha value is -2.79. The number of nitrogens with one attached hydrogen (secondary N) is 1. The highest BCUT2D eigenvalue weighted by atomic mass is 35.5. The number of amides is 1. The predicted octanol–water partition coefficient (Wildman–Crippen LogP) is 7.09. The Labute approximate surface area is 208 Å². The summed E-state index contributed by atoms with van der Waals surface area (Å²) in [5.41, 5.74) is 5.68. The predicted molar refractivity (Wildman–Crippen MR) is 136 cm³/mol. The molecular weight excluding hydrogens is 477 g/mol. The molecule has 4 rings (SSSR count). The molecule has 0 aliphatic rings. The van der Waals surface area contributed by atoms with Crippen molar-refractivity contribution in [2.45, 2.75) is 20.3 Å². The van der Waals surface area contributed by atoms with Gasteiger partial charge in [-0.25, -0.2) is 4.68 Å². The van der Waals surface area contributed by atoms with E-state index in [4.69, 9.17) is 39.9 Å². The highest BCUT2D eigenvalue weighted by Gasteiger charge is 2.20. The fraction of sp³-hybridized carbons (Fsp3) is 0.154. The van der Waals surface area contributed by atoms with E-state index in [0.29, 0.717) is 39.4 Å². The van der Waals surface area contributed by atoms with Crippen LogP contribution in [-0.4, -0.2) is 22.2 Å². The minimum Gasteiger partial charge on any atom is -0.350 e. The second-order valence-corrected chi connectivity index (χ2v) is 9.09. The number of rotatable bonds is 6. The normalized spacial score (nSPS) is 10.9. The standard InChI is InChI=1S/C26H22Cl3N3O/c1-16-7-8-17(2)24(13-16)32-25(15-23(31-32)20-5-3-4-6-21(20)28)26(33)30-12-11-18-9-10-19(27)14-22(18)29/h3-10,13-15H,11-12H2,1-2H3,(H,30,33). The molecule has 168 valence electrons. The van der Waals surface area contributed by atoms with Gasteiger partial charge in [0.15, 0.2) is 0 Å². The molecule has 7 heteroatoms. The summed E-state index contributed by atoms with van der Waals surface area (Å²) in [5, 5.41) is 9.49. The molecule has 1 heterocycles. The first-order valence-electron chi connectivity index (χ1n) is 10.5. The number of aromatic nitrogens is 2. The molecule has 0 unspecified atom stereocenters. The molecule has 0 saturated heterocycles. The van der Waals surface area contributed by atoms with Crippen molar-refractivity contribution in [3.8, 4) is 16.9 Å². The van der Waals surface area contributed by atoms with E-state index in [2.05, 4.69) is 5.32 Å². The van der Waals surface area contributed by atoms with Crippen LogP contribution in [0.25, 0.3) is 16.9 Å². The number of carbonyl (C=O) groups excluding carboxylic acids is 1. The maximum absolute atomic E-state index is 13.2. The van der Waals surface area contributed by atoms with Crippen molar-refractivity contribution in [2.24, 2.45) is 0 Å². The lowest BCUT2D eigenvalue weighted by Gasteiger charge is -2.12. The van der Waals surface area contributed by atoms with Crippen molar-refractivity contribution >= 4 is 40.7 Å². The monoisotopic (exact) mass is 497 g/mol. The van der Waals surface area contributed by atoms with Crippen LogP contribution in [0.2, 0.25) is 15.1 Å². The van der Waals surface area contributed by atoms with Crippen LogP contribution >= 0.6 is 34.8 Å². The summed E-state index contributed by atoms with van der Waals surface area (Å²) in [6, 6.07) is 20.7. The van der Waals surface area contributed by atoms with Gasteiger partial charge >= 0.3 is 0 Å². The van der Waals surface area contributed by atoms with Crippen molar-refractivity contribution in [3.63, 3.8) is 0 Å². The molecule has 33 heavy (non-hydrogen) atoms. The number of benzene rings is 3. The number of halogens is 3. The Morgan fingerprint density at radius 2 is 1.73 bits per heavy atom. The zero-order chi connectivity index (χ0) is 23.5. The van der Waals surface area contributed by atoms with Crippen LogP contribution in [-0.2, 0) is 6.42 Å². The van der Waals surface area contributed by atoms with E-state index in [9.17, 15) is 4.79 Å². The average Bonchev–Trinajstić information content (AvgIpc) is 3.22. The molecular formula is C26H22Cl3N3O. The van der Waals surface area contributed by atoms with Crippen molar-refractivity contribution in [3.05, 3.63) is 104 Å². The highest BCUT2D eigenvalue weighted by Crippen LogP contribution is 2.29. The van der Waals surface area contributed by atoms with Crippen molar-refractivity contribution in [1.82, 2.24) is 15.1 Å². The lowest BCUT2D eigenvalue weighted by atomic mass is 10.1. The quantitative estimate of drug-likeness (QED) is 0.308. The number of hydrogen-bond donors (Lipinski definition) is 1. The Morgan fingerprint density at radius 3 is 2.48 bits per heavy atom. The van der Waals surface area contributed by atoms with Crippen molar-refractivity contribution in [2.75, 3.05) is 6.54 Å². The highest BCUT2D eigenvalue weighted by molar-refractivity contribution is 6.35. The summed E-state index contributed by atoms with van der Waals surface area (Å²) in [4.78, 5) is 13.2. The molecule has 3 aromatic carbocycles. The second-order valence-electron chi connectivity index (χ2n) is 7.84. The van der Waals surface area contributed by atoms with Crippen molar-refractivity contribution in [1.29, 1.82) is 0 Å². The fourth-order valence-electron chi connectivity index (χ4n) is 3.60. The van der Waals surface area contributed by atoms with Crippen LogP contribution in [0.15, 0.2) is 66.7 Å². The molecule has 0 atom stereocenters. The van der Waals surface area contributed by atoms with Gasteiger partial charge in [0.1, 0.15) is 5.69 Å². The number of nitrogens with zero attached hydrogens (tertiary/aromatic N) is 2. The first-order valence-corrected chi connectivity index (χ1v) is 11.6. The molecule has 0 spiro atoms. The van der Waals surface area contributed by atoms with E-state index in [0.717, 1.165) is 27.9 Å². The van der Waals surface area contributed by atoms with E-state index in [1.54, 1.807) is 22.9 Å². The third-order valence-electron chi connectivity index (χ3n) is 5.38. The summed E-state index contributed by atoms with van der Waals surface area (Å²) in [6.45, 7) is 4.42. The van der Waals surface area contributed by atoms with Gasteiger partial charge in [-0.15, -0.1) is 0 Å². The average molecular weight is 499 g/mol. The van der Waals surface area contributed by atoms with Crippen molar-refractivity contribution < 1.29 is 4.79 Å². The van der Waals surface area contributed by atoms with Gasteiger partial charge in [0.25, 0.3) is 5.91 Å². The molecule has 4 aromatic rings. The molecule has 1 aromatic heterocycles. The minimum atomic E-state index is -0.230. The smallest absolute Gasteiger partial charge is 0.270 e. The Morgan fingerprint density at radius 1 is 0.939 bits per heavy atom.